The van der Waals surface area contributed by atoms with Gasteiger partial charge in [0.05, 0.1) is 18.1 Å². The van der Waals surface area contributed by atoms with Crippen LogP contribution >= 0.6 is 11.6 Å². The van der Waals surface area contributed by atoms with Gasteiger partial charge >= 0.3 is 0 Å². The number of hydrogen-bond donors (Lipinski definition) is 2. The third-order valence-electron chi connectivity index (χ3n) is 1.71. The van der Waals surface area contributed by atoms with E-state index in [1.54, 1.807) is 0 Å². The molecule has 0 aromatic heterocycles. The molecule has 1 rings (SSSR count). The second kappa shape index (κ2) is 6.11. The summed E-state index contributed by atoms with van der Waals surface area (Å²) < 4.78 is 12.8. The molecule has 3 nitrogen and oxygen atoms in total. The molecule has 5 heteroatoms. The van der Waals surface area contributed by atoms with Gasteiger partial charge in [-0.15, -0.1) is 0 Å². The van der Waals surface area contributed by atoms with Crippen LogP contribution in [0.4, 0.5) is 4.39 Å². The fourth-order valence-electron chi connectivity index (χ4n) is 0.948. The Morgan fingerprint density at radius 2 is 2.31 bits per heavy atom. The molecular weight excluding hydrogens is 231 g/mol. The normalized spacial score (nSPS) is 9.19. The SMILES string of the molecule is NCC(=O)NCC#Cc1cc(F)ccc1Cl. The van der Waals surface area contributed by atoms with E-state index in [0.29, 0.717) is 10.6 Å². The molecule has 0 saturated heterocycles. The van der Waals surface area contributed by atoms with Crippen molar-refractivity contribution in [1.29, 1.82) is 0 Å². The highest BCUT2D eigenvalue weighted by atomic mass is 35.5. The molecule has 0 aliphatic carbocycles. The third-order valence-corrected chi connectivity index (χ3v) is 2.04. The number of carbonyl (C=O) groups excluding carboxylic acids is 1. The first-order chi connectivity index (χ1) is 7.63. The molecule has 0 bridgehead atoms. The predicted molar refractivity (Wildman–Crippen MR) is 60.4 cm³/mol. The lowest BCUT2D eigenvalue weighted by molar-refractivity contribution is -0.119. The van der Waals surface area contributed by atoms with Crippen molar-refractivity contribution in [2.24, 2.45) is 5.73 Å². The highest BCUT2D eigenvalue weighted by Crippen LogP contribution is 2.15. The summed E-state index contributed by atoms with van der Waals surface area (Å²) in [6.45, 7) is 0.0747. The number of benzene rings is 1. The smallest absolute Gasteiger partial charge is 0.234 e. The standard InChI is InChI=1S/C11H10ClFN2O/c12-10-4-3-9(13)6-8(10)2-1-5-15-11(16)7-14/h3-4,6H,5,7,14H2,(H,15,16). The lowest BCUT2D eigenvalue weighted by atomic mass is 10.2. The van der Waals surface area contributed by atoms with Crippen LogP contribution in [0.25, 0.3) is 0 Å². The molecule has 3 N–H and O–H groups in total. The average molecular weight is 241 g/mol. The van der Waals surface area contributed by atoms with Crippen LogP contribution < -0.4 is 11.1 Å². The lowest BCUT2D eigenvalue weighted by Crippen LogP contribution is -2.30. The Morgan fingerprint density at radius 3 is 3.00 bits per heavy atom. The van der Waals surface area contributed by atoms with Gasteiger partial charge in [0, 0.05) is 5.56 Å². The summed E-state index contributed by atoms with van der Waals surface area (Å²) in [6, 6.07) is 3.92. The molecule has 0 unspecified atom stereocenters. The van der Waals surface area contributed by atoms with Gasteiger partial charge in [-0.05, 0) is 18.2 Å². The van der Waals surface area contributed by atoms with Gasteiger partial charge < -0.3 is 11.1 Å². The number of nitrogens with two attached hydrogens (primary N) is 1. The maximum atomic E-state index is 12.8. The van der Waals surface area contributed by atoms with Gasteiger partial charge in [-0.1, -0.05) is 23.4 Å². The Bertz CT molecular complexity index is 451. The number of amides is 1. The van der Waals surface area contributed by atoms with Crippen molar-refractivity contribution in [2.75, 3.05) is 13.1 Å². The van der Waals surface area contributed by atoms with E-state index in [4.69, 9.17) is 17.3 Å². The summed E-state index contributed by atoms with van der Waals surface area (Å²) >= 11 is 5.79. The Hall–Kier alpha value is -1.57. The molecular formula is C11H10ClFN2O. The number of halogens is 2. The molecule has 16 heavy (non-hydrogen) atoms. The van der Waals surface area contributed by atoms with Crippen LogP contribution in [-0.4, -0.2) is 19.0 Å². The van der Waals surface area contributed by atoms with Gasteiger partial charge in [0.1, 0.15) is 5.82 Å². The number of nitrogens with one attached hydrogen (secondary N) is 1. The van der Waals surface area contributed by atoms with Crippen molar-refractivity contribution in [3.8, 4) is 11.8 Å². The summed E-state index contributed by atoms with van der Waals surface area (Å²) in [7, 11) is 0. The maximum Gasteiger partial charge on any atom is 0.234 e. The number of carbonyl (C=O) groups is 1. The van der Waals surface area contributed by atoms with E-state index in [2.05, 4.69) is 17.2 Å². The van der Waals surface area contributed by atoms with Gasteiger partial charge in [0.25, 0.3) is 0 Å². The monoisotopic (exact) mass is 240 g/mol. The van der Waals surface area contributed by atoms with Crippen LogP contribution in [0.1, 0.15) is 5.56 Å². The van der Waals surface area contributed by atoms with E-state index in [9.17, 15) is 9.18 Å². The summed E-state index contributed by atoms with van der Waals surface area (Å²) in [6.07, 6.45) is 0. The summed E-state index contributed by atoms with van der Waals surface area (Å²) in [5.74, 6) is 4.61. The highest BCUT2D eigenvalue weighted by Gasteiger charge is 1.98. The molecule has 0 saturated carbocycles. The minimum absolute atomic E-state index is 0.0810. The van der Waals surface area contributed by atoms with Gasteiger partial charge in [0.15, 0.2) is 0 Å². The van der Waals surface area contributed by atoms with E-state index < -0.39 is 5.82 Å². The topological polar surface area (TPSA) is 55.1 Å². The first-order valence-corrected chi connectivity index (χ1v) is 4.92. The Labute approximate surface area is 97.8 Å². The zero-order valence-electron chi connectivity index (χ0n) is 8.39. The Morgan fingerprint density at radius 1 is 1.56 bits per heavy atom. The molecule has 0 radical (unpaired) electrons. The fourth-order valence-corrected chi connectivity index (χ4v) is 1.11. The average Bonchev–Trinajstić information content (AvgIpc) is 2.28. The summed E-state index contributed by atoms with van der Waals surface area (Å²) in [4.78, 5) is 10.8. The van der Waals surface area contributed by atoms with Crippen molar-refractivity contribution in [3.63, 3.8) is 0 Å². The largest absolute Gasteiger partial charge is 0.344 e. The van der Waals surface area contributed by atoms with Crippen molar-refractivity contribution >= 4 is 17.5 Å². The molecule has 1 aromatic rings. The second-order valence-electron chi connectivity index (χ2n) is 2.91. The van der Waals surface area contributed by atoms with E-state index >= 15 is 0 Å². The lowest BCUT2D eigenvalue weighted by Gasteiger charge is -1.96. The van der Waals surface area contributed by atoms with Crippen LogP contribution in [0.15, 0.2) is 18.2 Å². The Kier molecular flexibility index (Phi) is 4.77. The van der Waals surface area contributed by atoms with Crippen molar-refractivity contribution in [1.82, 2.24) is 5.32 Å². The molecule has 0 fully saturated rings. The second-order valence-corrected chi connectivity index (χ2v) is 3.31. The fraction of sp³-hybridized carbons (Fsp3) is 0.182. The predicted octanol–water partition coefficient (Wildman–Crippen LogP) is 0.906. The van der Waals surface area contributed by atoms with Gasteiger partial charge in [0.2, 0.25) is 5.91 Å². The third kappa shape index (κ3) is 3.89. The zero-order chi connectivity index (χ0) is 12.0. The quantitative estimate of drug-likeness (QED) is 0.755. The minimum Gasteiger partial charge on any atom is -0.344 e. The van der Waals surface area contributed by atoms with E-state index in [-0.39, 0.29) is 19.0 Å². The first kappa shape index (κ1) is 12.5. The van der Waals surface area contributed by atoms with Crippen LogP contribution in [-0.2, 0) is 4.79 Å². The van der Waals surface area contributed by atoms with Gasteiger partial charge in [-0.3, -0.25) is 4.79 Å². The van der Waals surface area contributed by atoms with E-state index in [1.807, 2.05) is 0 Å². The summed E-state index contributed by atoms with van der Waals surface area (Å²) in [5, 5.41) is 2.84. The van der Waals surface area contributed by atoms with Gasteiger partial charge in [-0.25, -0.2) is 4.39 Å². The molecule has 0 aliphatic rings. The maximum absolute atomic E-state index is 12.8. The van der Waals surface area contributed by atoms with E-state index in [0.717, 1.165) is 0 Å². The molecule has 1 aromatic carbocycles. The van der Waals surface area contributed by atoms with Crippen molar-refractivity contribution in [2.45, 2.75) is 0 Å². The number of rotatable bonds is 2. The molecule has 0 spiro atoms. The molecule has 0 heterocycles. The van der Waals surface area contributed by atoms with Gasteiger partial charge in [-0.2, -0.15) is 0 Å². The number of hydrogen-bond acceptors (Lipinski definition) is 2. The van der Waals surface area contributed by atoms with Crippen LogP contribution in [0.5, 0.6) is 0 Å². The molecule has 0 aliphatic heterocycles. The minimum atomic E-state index is -0.403. The van der Waals surface area contributed by atoms with Crippen LogP contribution in [0.2, 0.25) is 5.02 Å². The zero-order valence-corrected chi connectivity index (χ0v) is 9.14. The van der Waals surface area contributed by atoms with Crippen molar-refractivity contribution < 1.29 is 9.18 Å². The first-order valence-electron chi connectivity index (χ1n) is 4.54. The Balaban J connectivity index is 2.62. The van der Waals surface area contributed by atoms with Crippen molar-refractivity contribution in [3.05, 3.63) is 34.6 Å². The van der Waals surface area contributed by atoms with Crippen LogP contribution in [0, 0.1) is 17.7 Å². The molecule has 1 amide bonds. The van der Waals surface area contributed by atoms with Crippen LogP contribution in [0.3, 0.4) is 0 Å². The summed E-state index contributed by atoms with van der Waals surface area (Å²) in [5.41, 5.74) is 5.47. The molecule has 84 valence electrons. The van der Waals surface area contributed by atoms with E-state index in [1.165, 1.54) is 18.2 Å². The highest BCUT2D eigenvalue weighted by molar-refractivity contribution is 6.31. The molecule has 0 atom stereocenters.